The minimum absolute atomic E-state index is 0.243. The summed E-state index contributed by atoms with van der Waals surface area (Å²) in [6.45, 7) is 0. The summed E-state index contributed by atoms with van der Waals surface area (Å²) < 4.78 is 15.4. The van der Waals surface area contributed by atoms with E-state index in [2.05, 4.69) is 0 Å². The number of carboxylic acid groups (broad SMARTS) is 2. The second-order valence-electron chi connectivity index (χ2n) is 3.54. The molecule has 0 aliphatic heterocycles. The van der Waals surface area contributed by atoms with Crippen LogP contribution in [0.25, 0.3) is 0 Å². The van der Waals surface area contributed by atoms with Crippen molar-refractivity contribution >= 4 is 22.8 Å². The summed E-state index contributed by atoms with van der Waals surface area (Å²) in [5.41, 5.74) is 0. The van der Waals surface area contributed by atoms with Gasteiger partial charge in [0, 0.05) is 5.75 Å². The van der Waals surface area contributed by atoms with Gasteiger partial charge in [-0.05, 0) is 12.8 Å². The van der Waals surface area contributed by atoms with Gasteiger partial charge in [-0.25, -0.2) is 0 Å². The van der Waals surface area contributed by atoms with Gasteiger partial charge in [-0.3, -0.25) is 22.1 Å². The van der Waals surface area contributed by atoms with E-state index in [-0.39, 0.29) is 12.8 Å². The Labute approximate surface area is 108 Å². The van der Waals surface area contributed by atoms with E-state index < -0.39 is 28.7 Å². The minimum Gasteiger partial charge on any atom is -0.481 e. The predicted molar refractivity (Wildman–Crippen MR) is 66.1 cm³/mol. The second-order valence-corrected chi connectivity index (χ2v) is 6.06. The van der Waals surface area contributed by atoms with E-state index in [0.29, 0.717) is 12.2 Å². The molecule has 0 radical (unpaired) electrons. The average molecular weight is 284 g/mol. The molecule has 0 saturated carbocycles. The molecule has 1 unspecified atom stereocenters. The van der Waals surface area contributed by atoms with E-state index in [4.69, 9.17) is 22.8 Å². The van der Waals surface area contributed by atoms with E-state index >= 15 is 0 Å². The topological polar surface area (TPSA) is 102 Å². The van der Waals surface area contributed by atoms with E-state index in [1.807, 2.05) is 0 Å². The highest BCUT2D eigenvalue weighted by molar-refractivity contribution is 8.21. The number of rotatable bonds is 10. The quantitative estimate of drug-likeness (QED) is 0.625. The smallest absolute Gasteiger partial charge is 0.307 e. The zero-order chi connectivity index (χ0) is 14.2. The number of hydrogen-bond donors (Lipinski definition) is 2. The summed E-state index contributed by atoms with van der Waals surface area (Å²) in [6.07, 6.45) is 0.312. The summed E-state index contributed by atoms with van der Waals surface area (Å²) in [5, 5.41) is 17.5. The van der Waals surface area contributed by atoms with Crippen molar-refractivity contribution in [3.8, 4) is 0 Å². The number of carbonyl (C=O) groups is 2. The highest BCUT2D eigenvalue weighted by atomic mass is 32.3. The lowest BCUT2D eigenvalue weighted by atomic mass is 10.0. The Morgan fingerprint density at radius 1 is 1.11 bits per heavy atom. The lowest BCUT2D eigenvalue weighted by Gasteiger charge is -2.33. The van der Waals surface area contributed by atoms with Crippen LogP contribution in [0.2, 0.25) is 0 Å². The molecule has 0 aliphatic rings. The molecular weight excluding hydrogens is 264 g/mol. The first-order chi connectivity index (χ1) is 8.40. The molecule has 0 fully saturated rings. The Bertz CT molecular complexity index is 269. The van der Waals surface area contributed by atoms with Crippen LogP contribution in [0.4, 0.5) is 0 Å². The zero-order valence-electron chi connectivity index (χ0n) is 10.7. The highest BCUT2D eigenvalue weighted by Crippen LogP contribution is 2.50. The Morgan fingerprint density at radius 3 is 1.94 bits per heavy atom. The molecule has 0 aromatic rings. The first-order valence-electron chi connectivity index (χ1n) is 5.33. The highest BCUT2D eigenvalue weighted by Gasteiger charge is 2.25. The van der Waals surface area contributed by atoms with Gasteiger partial charge in [0.1, 0.15) is 0 Å². The van der Waals surface area contributed by atoms with Gasteiger partial charge >= 0.3 is 11.9 Å². The van der Waals surface area contributed by atoms with Gasteiger partial charge in [-0.2, -0.15) is 0 Å². The lowest BCUT2D eigenvalue weighted by molar-refractivity contribution is -0.148. The van der Waals surface area contributed by atoms with Gasteiger partial charge < -0.3 is 10.2 Å². The number of hydrogen-bond acceptors (Lipinski definition) is 5. The van der Waals surface area contributed by atoms with Crippen molar-refractivity contribution in [2.75, 3.05) is 27.1 Å². The van der Waals surface area contributed by atoms with Crippen LogP contribution in [-0.2, 0) is 22.1 Å². The summed E-state index contributed by atoms with van der Waals surface area (Å²) in [5.74, 6) is -2.72. The van der Waals surface area contributed by atoms with Crippen molar-refractivity contribution in [1.82, 2.24) is 0 Å². The molecule has 0 rings (SSSR count). The van der Waals surface area contributed by atoms with E-state index in [9.17, 15) is 9.59 Å². The number of aliphatic carboxylic acids is 2. The molecule has 18 heavy (non-hydrogen) atoms. The minimum atomic E-state index is -2.10. The fourth-order valence-corrected chi connectivity index (χ4v) is 2.91. The fourth-order valence-electron chi connectivity index (χ4n) is 1.48. The van der Waals surface area contributed by atoms with Crippen molar-refractivity contribution in [3.63, 3.8) is 0 Å². The van der Waals surface area contributed by atoms with Crippen molar-refractivity contribution < 1.29 is 32.4 Å². The third-order valence-corrected chi connectivity index (χ3v) is 4.79. The Balaban J connectivity index is 4.28. The van der Waals surface area contributed by atoms with E-state index in [1.165, 1.54) is 21.3 Å². The molecular formula is C10H20O7S. The summed E-state index contributed by atoms with van der Waals surface area (Å²) in [6, 6.07) is 0. The standard InChI is InChI=1S/C10H20O7S/c1-15-18(16-2,17-3)6-4-5-8(10(13)14)7-9(11)12/h8H,4-7H2,1-3H3,(H,11,12)(H,13,14). The molecule has 0 spiro atoms. The molecule has 0 aromatic carbocycles. The van der Waals surface area contributed by atoms with Crippen molar-refractivity contribution in [2.45, 2.75) is 19.3 Å². The van der Waals surface area contributed by atoms with Crippen LogP contribution >= 0.6 is 10.9 Å². The normalized spacial score (nSPS) is 14.2. The molecule has 2 N–H and O–H groups in total. The molecule has 108 valence electrons. The Hall–Kier alpha value is -0.830. The largest absolute Gasteiger partial charge is 0.481 e. The van der Waals surface area contributed by atoms with Gasteiger partial charge in [0.05, 0.1) is 44.5 Å². The molecule has 0 heterocycles. The fraction of sp³-hybridized carbons (Fsp3) is 0.800. The van der Waals surface area contributed by atoms with Crippen LogP contribution in [0.3, 0.4) is 0 Å². The molecule has 0 aliphatic carbocycles. The van der Waals surface area contributed by atoms with Gasteiger partial charge in [0.15, 0.2) is 0 Å². The second kappa shape index (κ2) is 8.30. The lowest BCUT2D eigenvalue weighted by Crippen LogP contribution is -2.19. The van der Waals surface area contributed by atoms with Crippen molar-refractivity contribution in [1.29, 1.82) is 0 Å². The monoisotopic (exact) mass is 284 g/mol. The first-order valence-corrected chi connectivity index (χ1v) is 6.90. The Kier molecular flexibility index (Phi) is 7.92. The maximum Gasteiger partial charge on any atom is 0.307 e. The van der Waals surface area contributed by atoms with E-state index in [1.54, 1.807) is 0 Å². The molecule has 0 aromatic heterocycles. The van der Waals surface area contributed by atoms with Gasteiger partial charge in [-0.15, -0.1) is 0 Å². The molecule has 0 bridgehead atoms. The molecule has 0 saturated heterocycles. The van der Waals surface area contributed by atoms with Gasteiger partial charge in [-0.1, -0.05) is 0 Å². The Morgan fingerprint density at radius 2 is 1.61 bits per heavy atom. The molecule has 0 amide bonds. The van der Waals surface area contributed by atoms with Crippen LogP contribution in [0.15, 0.2) is 0 Å². The van der Waals surface area contributed by atoms with Crippen LogP contribution in [-0.4, -0.2) is 49.2 Å². The average Bonchev–Trinajstić information content (AvgIpc) is 2.33. The predicted octanol–water partition coefficient (Wildman–Crippen LogP) is 1.43. The maximum atomic E-state index is 10.8. The van der Waals surface area contributed by atoms with Crippen molar-refractivity contribution in [3.05, 3.63) is 0 Å². The summed E-state index contributed by atoms with van der Waals surface area (Å²) >= 11 is 0. The van der Waals surface area contributed by atoms with Crippen molar-refractivity contribution in [2.24, 2.45) is 5.92 Å². The van der Waals surface area contributed by atoms with Gasteiger partial charge in [0.25, 0.3) is 0 Å². The SMILES string of the molecule is COS(CCCC(CC(=O)O)C(=O)O)(OC)OC. The molecule has 8 heteroatoms. The third-order valence-electron chi connectivity index (χ3n) is 2.48. The van der Waals surface area contributed by atoms with Crippen LogP contribution in [0, 0.1) is 5.92 Å². The van der Waals surface area contributed by atoms with E-state index in [0.717, 1.165) is 0 Å². The van der Waals surface area contributed by atoms with Crippen LogP contribution < -0.4 is 0 Å². The first kappa shape index (κ1) is 17.2. The third kappa shape index (κ3) is 5.67. The summed E-state index contributed by atoms with van der Waals surface area (Å²) in [7, 11) is 2.26. The maximum absolute atomic E-state index is 10.8. The molecule has 1 atom stereocenters. The number of carboxylic acids is 2. The van der Waals surface area contributed by atoms with Gasteiger partial charge in [0.2, 0.25) is 0 Å². The van der Waals surface area contributed by atoms with Crippen LogP contribution in [0.5, 0.6) is 0 Å². The van der Waals surface area contributed by atoms with Crippen LogP contribution in [0.1, 0.15) is 19.3 Å². The molecule has 7 nitrogen and oxygen atoms in total. The zero-order valence-corrected chi connectivity index (χ0v) is 11.6. The summed E-state index contributed by atoms with van der Waals surface area (Å²) in [4.78, 5) is 21.4.